The summed E-state index contributed by atoms with van der Waals surface area (Å²) in [4.78, 5) is 44.4. The predicted molar refractivity (Wildman–Crippen MR) is 122 cm³/mol. The lowest BCUT2D eigenvalue weighted by Crippen LogP contribution is -2.08. The fourth-order valence-electron chi connectivity index (χ4n) is 2.36. The number of rotatable bonds is 16. The van der Waals surface area contributed by atoms with Crippen molar-refractivity contribution in [3.63, 3.8) is 0 Å². The number of nitriles is 1. The maximum absolute atomic E-state index is 11.8. The Morgan fingerprint density at radius 3 is 2.11 bits per heavy atom. The number of nitrogens with zero attached hydrogens (tertiary/aromatic N) is 1. The van der Waals surface area contributed by atoms with Crippen molar-refractivity contribution in [2.24, 2.45) is 0 Å². The molecule has 0 radical (unpaired) electrons. The third kappa shape index (κ3) is 19.7. The van der Waals surface area contributed by atoms with Crippen LogP contribution in [0.5, 0.6) is 5.75 Å². The highest BCUT2D eigenvalue weighted by Gasteiger charge is 2.08. The third-order valence-electron chi connectivity index (χ3n) is 4.15. The van der Waals surface area contributed by atoms with Gasteiger partial charge in [0.15, 0.2) is 0 Å². The van der Waals surface area contributed by atoms with E-state index in [0.29, 0.717) is 43.6 Å². The molecule has 194 valence electrons. The summed E-state index contributed by atoms with van der Waals surface area (Å²) < 4.78 is 24.0. The molecule has 0 saturated heterocycles. The van der Waals surface area contributed by atoms with E-state index >= 15 is 0 Å². The molecule has 1 aromatic carbocycles. The van der Waals surface area contributed by atoms with Gasteiger partial charge in [-0.05, 0) is 30.5 Å². The molecule has 0 fully saturated rings. The molecule has 0 aliphatic rings. The Kier molecular flexibility index (Phi) is 19.0. The van der Waals surface area contributed by atoms with E-state index in [1.165, 1.54) is 7.11 Å². The van der Waals surface area contributed by atoms with E-state index in [2.05, 4.69) is 9.47 Å². The summed E-state index contributed by atoms with van der Waals surface area (Å²) >= 11 is 0. The summed E-state index contributed by atoms with van der Waals surface area (Å²) in [7, 11) is 2.89. The topological polar surface area (TPSA) is 158 Å². The summed E-state index contributed by atoms with van der Waals surface area (Å²) in [5, 5.41) is 16.5. The molecular weight excluding hydrogens is 462 g/mol. The minimum absolute atomic E-state index is 0.0207. The molecule has 11 heteroatoms. The standard InChI is InChI=1S/C19H24O8.C5H9NO2/c1-25-17(22)5-3-2-4-6-19(24)27-15-9-7-14(8-10-15)13-26-18(23)12-11-16(20)21;1-7-5-8-4-2-3-6/h7-10H,2-6,11-13H2,1H3,(H,20,21);2,4-5H2,1H3. The van der Waals surface area contributed by atoms with Crippen LogP contribution < -0.4 is 4.74 Å². The molecule has 11 nitrogen and oxygen atoms in total. The molecule has 1 N–H and O–H groups in total. The number of esters is 3. The van der Waals surface area contributed by atoms with E-state index in [-0.39, 0.29) is 44.6 Å². The van der Waals surface area contributed by atoms with Crippen LogP contribution in [0.4, 0.5) is 0 Å². The fourth-order valence-corrected chi connectivity index (χ4v) is 2.36. The Morgan fingerprint density at radius 2 is 1.54 bits per heavy atom. The van der Waals surface area contributed by atoms with Gasteiger partial charge in [-0.25, -0.2) is 0 Å². The molecule has 0 atom stereocenters. The predicted octanol–water partition coefficient (Wildman–Crippen LogP) is 3.14. The number of unbranched alkanes of at least 4 members (excludes halogenated alkanes) is 2. The molecule has 0 amide bonds. The Bertz CT molecular complexity index is 802. The fraction of sp³-hybridized carbons (Fsp3) is 0.542. The van der Waals surface area contributed by atoms with Crippen molar-refractivity contribution in [2.75, 3.05) is 27.6 Å². The zero-order valence-electron chi connectivity index (χ0n) is 20.2. The molecule has 0 aromatic heterocycles. The Hall–Kier alpha value is -3.49. The van der Waals surface area contributed by atoms with Gasteiger partial charge in [0, 0.05) is 20.0 Å². The molecule has 0 heterocycles. The van der Waals surface area contributed by atoms with Crippen molar-refractivity contribution in [1.82, 2.24) is 0 Å². The van der Waals surface area contributed by atoms with Crippen molar-refractivity contribution in [2.45, 2.75) is 58.0 Å². The number of ether oxygens (including phenoxy) is 5. The second-order valence-electron chi connectivity index (χ2n) is 7.03. The Morgan fingerprint density at radius 1 is 0.886 bits per heavy atom. The van der Waals surface area contributed by atoms with Crippen LogP contribution in [0.2, 0.25) is 0 Å². The zero-order valence-corrected chi connectivity index (χ0v) is 20.2. The highest BCUT2D eigenvalue weighted by atomic mass is 16.7. The average molecular weight is 496 g/mol. The molecule has 1 aromatic rings. The van der Waals surface area contributed by atoms with Crippen LogP contribution in [-0.2, 0) is 44.7 Å². The van der Waals surface area contributed by atoms with E-state index < -0.39 is 11.9 Å². The second kappa shape index (κ2) is 21.1. The molecule has 1 rings (SSSR count). The van der Waals surface area contributed by atoms with Gasteiger partial charge in [0.05, 0.1) is 39.0 Å². The van der Waals surface area contributed by atoms with Gasteiger partial charge in [-0.1, -0.05) is 18.6 Å². The SMILES string of the molecule is COC(=O)CCCCCC(=O)Oc1ccc(COC(=O)CCC(=O)O)cc1.COCOCCC#N. The minimum atomic E-state index is -1.05. The quantitative estimate of drug-likeness (QED) is 0.155. The van der Waals surface area contributed by atoms with Crippen molar-refractivity contribution < 1.29 is 48.0 Å². The number of hydrogen-bond acceptors (Lipinski definition) is 10. The number of aliphatic carboxylic acids is 1. The third-order valence-corrected chi connectivity index (χ3v) is 4.15. The maximum Gasteiger partial charge on any atom is 0.311 e. The molecule has 0 saturated carbocycles. The first-order valence-electron chi connectivity index (χ1n) is 11.0. The van der Waals surface area contributed by atoms with Gasteiger partial charge in [-0.3, -0.25) is 19.2 Å². The van der Waals surface area contributed by atoms with Gasteiger partial charge < -0.3 is 28.8 Å². The number of benzene rings is 1. The number of hydrogen-bond donors (Lipinski definition) is 1. The molecular formula is C24H33NO10. The normalized spacial score (nSPS) is 9.74. The van der Waals surface area contributed by atoms with E-state index in [1.807, 2.05) is 6.07 Å². The van der Waals surface area contributed by atoms with Gasteiger partial charge in [0.1, 0.15) is 19.1 Å². The molecule has 0 aliphatic carbocycles. The van der Waals surface area contributed by atoms with Crippen molar-refractivity contribution in [3.05, 3.63) is 29.8 Å². The maximum atomic E-state index is 11.8. The van der Waals surface area contributed by atoms with E-state index in [0.717, 1.165) is 6.42 Å². The number of carboxylic acid groups (broad SMARTS) is 1. The monoisotopic (exact) mass is 495 g/mol. The van der Waals surface area contributed by atoms with Crippen molar-refractivity contribution in [3.8, 4) is 11.8 Å². The summed E-state index contributed by atoms with van der Waals surface area (Å²) in [5.41, 5.74) is 0.696. The molecule has 0 bridgehead atoms. The van der Waals surface area contributed by atoms with Gasteiger partial charge in [-0.2, -0.15) is 5.26 Å². The lowest BCUT2D eigenvalue weighted by atomic mass is 10.1. The average Bonchev–Trinajstić information content (AvgIpc) is 2.85. The van der Waals surface area contributed by atoms with Crippen LogP contribution in [0.1, 0.15) is 56.9 Å². The minimum Gasteiger partial charge on any atom is -0.481 e. The van der Waals surface area contributed by atoms with Crippen LogP contribution in [0.15, 0.2) is 24.3 Å². The summed E-state index contributed by atoms with van der Waals surface area (Å²) in [6.45, 7) is 0.763. The van der Waals surface area contributed by atoms with Gasteiger partial charge in [0.25, 0.3) is 0 Å². The van der Waals surface area contributed by atoms with Crippen LogP contribution in [-0.4, -0.2) is 56.6 Å². The number of carbonyl (C=O) groups is 4. The highest BCUT2D eigenvalue weighted by molar-refractivity contribution is 5.76. The lowest BCUT2D eigenvalue weighted by molar-refractivity contribution is -0.148. The van der Waals surface area contributed by atoms with Crippen LogP contribution in [0.3, 0.4) is 0 Å². The second-order valence-corrected chi connectivity index (χ2v) is 7.03. The first kappa shape index (κ1) is 31.5. The number of carbonyl (C=O) groups excluding carboxylic acids is 3. The van der Waals surface area contributed by atoms with Crippen molar-refractivity contribution >= 4 is 23.9 Å². The summed E-state index contributed by atoms with van der Waals surface area (Å²) in [5.74, 6) is -1.87. The Balaban J connectivity index is 0.00000124. The molecule has 0 spiro atoms. The largest absolute Gasteiger partial charge is 0.481 e. The van der Waals surface area contributed by atoms with Crippen LogP contribution in [0, 0.1) is 11.3 Å². The first-order chi connectivity index (χ1) is 16.8. The van der Waals surface area contributed by atoms with E-state index in [9.17, 15) is 19.2 Å². The van der Waals surface area contributed by atoms with Crippen LogP contribution in [0.25, 0.3) is 0 Å². The number of methoxy groups -OCH3 is 2. The van der Waals surface area contributed by atoms with Crippen molar-refractivity contribution in [1.29, 1.82) is 5.26 Å². The summed E-state index contributed by atoms with van der Waals surface area (Å²) in [6, 6.07) is 8.44. The lowest BCUT2D eigenvalue weighted by Gasteiger charge is -2.07. The van der Waals surface area contributed by atoms with Gasteiger partial charge in [-0.15, -0.1) is 0 Å². The molecule has 0 unspecified atom stereocenters. The highest BCUT2D eigenvalue weighted by Crippen LogP contribution is 2.15. The smallest absolute Gasteiger partial charge is 0.311 e. The van der Waals surface area contributed by atoms with Crippen LogP contribution >= 0.6 is 0 Å². The Labute approximate surface area is 204 Å². The first-order valence-corrected chi connectivity index (χ1v) is 11.0. The van der Waals surface area contributed by atoms with Gasteiger partial charge >= 0.3 is 23.9 Å². The molecule has 35 heavy (non-hydrogen) atoms. The van der Waals surface area contributed by atoms with E-state index in [4.69, 9.17) is 24.6 Å². The molecule has 0 aliphatic heterocycles. The number of carboxylic acids is 1. The van der Waals surface area contributed by atoms with E-state index in [1.54, 1.807) is 31.4 Å². The zero-order chi connectivity index (χ0) is 26.3. The van der Waals surface area contributed by atoms with Gasteiger partial charge in [0.2, 0.25) is 0 Å². The summed E-state index contributed by atoms with van der Waals surface area (Å²) in [6.07, 6.45) is 2.61.